The number of aliphatic hydroxyl groups excluding tert-OH is 1. The first-order valence-corrected chi connectivity index (χ1v) is 8.18. The van der Waals surface area contributed by atoms with Crippen molar-refractivity contribution in [3.63, 3.8) is 0 Å². The van der Waals surface area contributed by atoms with Gasteiger partial charge in [0.1, 0.15) is 0 Å². The van der Waals surface area contributed by atoms with Crippen LogP contribution in [-0.4, -0.2) is 23.7 Å². The largest absolute Gasteiger partial charge is 0.396 e. The molecule has 2 N–H and O–H groups in total. The first-order chi connectivity index (χ1) is 9.28. The van der Waals surface area contributed by atoms with E-state index in [1.165, 1.54) is 38.5 Å². The highest BCUT2D eigenvalue weighted by Crippen LogP contribution is 2.26. The van der Waals surface area contributed by atoms with Gasteiger partial charge in [-0.15, -0.1) is 0 Å². The standard InChI is InChI=1S/C16H29NO2/c18-12-14-7-9-15(10-8-14)17-16(19)11-13-5-3-1-2-4-6-13/h13-15,18H,1-12H2,(H,17,19). The molecule has 110 valence electrons. The molecular weight excluding hydrogens is 238 g/mol. The van der Waals surface area contributed by atoms with Crippen LogP contribution in [0.15, 0.2) is 0 Å². The zero-order chi connectivity index (χ0) is 13.5. The molecule has 0 radical (unpaired) electrons. The maximum absolute atomic E-state index is 12.1. The fraction of sp³-hybridized carbons (Fsp3) is 0.938. The maximum Gasteiger partial charge on any atom is 0.220 e. The summed E-state index contributed by atoms with van der Waals surface area (Å²) in [5.74, 6) is 1.35. The second-order valence-corrected chi connectivity index (χ2v) is 6.53. The minimum atomic E-state index is 0.263. The molecule has 0 spiro atoms. The van der Waals surface area contributed by atoms with Crippen molar-refractivity contribution in [2.75, 3.05) is 6.61 Å². The maximum atomic E-state index is 12.1. The lowest BCUT2D eigenvalue weighted by Gasteiger charge is -2.28. The molecule has 0 aromatic heterocycles. The smallest absolute Gasteiger partial charge is 0.220 e. The van der Waals surface area contributed by atoms with Crippen LogP contribution in [-0.2, 0) is 4.79 Å². The molecule has 2 saturated carbocycles. The summed E-state index contributed by atoms with van der Waals surface area (Å²) >= 11 is 0. The Labute approximate surface area is 117 Å². The van der Waals surface area contributed by atoms with E-state index in [0.29, 0.717) is 24.5 Å². The summed E-state index contributed by atoms with van der Waals surface area (Å²) < 4.78 is 0. The van der Waals surface area contributed by atoms with Crippen LogP contribution in [0.4, 0.5) is 0 Å². The Morgan fingerprint density at radius 2 is 1.53 bits per heavy atom. The average molecular weight is 267 g/mol. The van der Waals surface area contributed by atoms with Crippen LogP contribution < -0.4 is 5.32 Å². The van der Waals surface area contributed by atoms with Crippen LogP contribution >= 0.6 is 0 Å². The third-order valence-corrected chi connectivity index (χ3v) is 4.92. The molecule has 0 heterocycles. The molecular formula is C16H29NO2. The Bertz CT molecular complexity index is 264. The molecule has 0 aromatic carbocycles. The highest BCUT2D eigenvalue weighted by molar-refractivity contribution is 5.76. The van der Waals surface area contributed by atoms with E-state index in [0.717, 1.165) is 32.1 Å². The minimum Gasteiger partial charge on any atom is -0.396 e. The third-order valence-electron chi connectivity index (χ3n) is 4.92. The number of carbonyl (C=O) groups excluding carboxylic acids is 1. The monoisotopic (exact) mass is 267 g/mol. The normalized spacial score (nSPS) is 29.7. The van der Waals surface area contributed by atoms with E-state index < -0.39 is 0 Å². The van der Waals surface area contributed by atoms with Gasteiger partial charge >= 0.3 is 0 Å². The van der Waals surface area contributed by atoms with Gasteiger partial charge in [-0.2, -0.15) is 0 Å². The van der Waals surface area contributed by atoms with Gasteiger partial charge in [0.25, 0.3) is 0 Å². The van der Waals surface area contributed by atoms with Crippen molar-refractivity contribution < 1.29 is 9.90 Å². The van der Waals surface area contributed by atoms with Crippen molar-refractivity contribution in [3.8, 4) is 0 Å². The summed E-state index contributed by atoms with van der Waals surface area (Å²) in [4.78, 5) is 12.1. The Morgan fingerprint density at radius 3 is 2.11 bits per heavy atom. The SMILES string of the molecule is O=C(CC1CCCCCC1)NC1CCC(CO)CC1. The molecule has 0 aromatic rings. The van der Waals surface area contributed by atoms with E-state index in [9.17, 15) is 4.79 Å². The van der Waals surface area contributed by atoms with Crippen molar-refractivity contribution in [2.24, 2.45) is 11.8 Å². The van der Waals surface area contributed by atoms with Crippen LogP contribution in [0.25, 0.3) is 0 Å². The first-order valence-electron chi connectivity index (χ1n) is 8.18. The van der Waals surface area contributed by atoms with Gasteiger partial charge < -0.3 is 10.4 Å². The van der Waals surface area contributed by atoms with E-state index >= 15 is 0 Å². The average Bonchev–Trinajstić information content (AvgIpc) is 2.68. The number of aliphatic hydroxyl groups is 1. The van der Waals surface area contributed by atoms with E-state index in [4.69, 9.17) is 5.11 Å². The molecule has 0 unspecified atom stereocenters. The second-order valence-electron chi connectivity index (χ2n) is 6.53. The van der Waals surface area contributed by atoms with Crippen molar-refractivity contribution in [1.29, 1.82) is 0 Å². The van der Waals surface area contributed by atoms with Gasteiger partial charge in [0.15, 0.2) is 0 Å². The number of hydrogen-bond acceptors (Lipinski definition) is 2. The summed E-state index contributed by atoms with van der Waals surface area (Å²) in [5, 5.41) is 12.3. The van der Waals surface area contributed by atoms with E-state index in [1.807, 2.05) is 0 Å². The lowest BCUT2D eigenvalue weighted by molar-refractivity contribution is -0.123. The van der Waals surface area contributed by atoms with Crippen LogP contribution in [0.3, 0.4) is 0 Å². The summed E-state index contributed by atoms with van der Waals surface area (Å²) in [5.41, 5.74) is 0. The fourth-order valence-electron chi connectivity index (χ4n) is 3.61. The van der Waals surface area contributed by atoms with Gasteiger partial charge in [-0.05, 0) is 50.4 Å². The highest BCUT2D eigenvalue weighted by Gasteiger charge is 2.23. The molecule has 1 amide bonds. The van der Waals surface area contributed by atoms with Gasteiger partial charge in [-0.1, -0.05) is 25.7 Å². The van der Waals surface area contributed by atoms with Crippen LogP contribution in [0.5, 0.6) is 0 Å². The highest BCUT2D eigenvalue weighted by atomic mass is 16.3. The number of rotatable bonds is 4. The molecule has 0 aliphatic heterocycles. The molecule has 0 bridgehead atoms. The van der Waals surface area contributed by atoms with Crippen LogP contribution in [0, 0.1) is 11.8 Å². The predicted octanol–water partition coefficient (Wildman–Crippen LogP) is 3.01. The summed E-state index contributed by atoms with van der Waals surface area (Å²) in [6.07, 6.45) is 12.7. The van der Waals surface area contributed by atoms with Crippen molar-refractivity contribution in [3.05, 3.63) is 0 Å². The van der Waals surface area contributed by atoms with Gasteiger partial charge in [0.05, 0.1) is 0 Å². The second kappa shape index (κ2) is 7.88. The van der Waals surface area contributed by atoms with E-state index in [-0.39, 0.29) is 5.91 Å². The lowest BCUT2D eigenvalue weighted by Crippen LogP contribution is -2.38. The minimum absolute atomic E-state index is 0.263. The molecule has 3 nitrogen and oxygen atoms in total. The quantitative estimate of drug-likeness (QED) is 0.769. The van der Waals surface area contributed by atoms with E-state index in [1.54, 1.807) is 0 Å². The van der Waals surface area contributed by atoms with Gasteiger partial charge in [-0.3, -0.25) is 4.79 Å². The number of nitrogens with one attached hydrogen (secondary N) is 1. The molecule has 0 saturated heterocycles. The van der Waals surface area contributed by atoms with Crippen LogP contribution in [0.1, 0.15) is 70.6 Å². The molecule has 3 heteroatoms. The Balaban J connectivity index is 1.66. The summed E-state index contributed by atoms with van der Waals surface area (Å²) in [7, 11) is 0. The Morgan fingerprint density at radius 1 is 0.895 bits per heavy atom. The Kier molecular flexibility index (Phi) is 6.15. The topological polar surface area (TPSA) is 49.3 Å². The van der Waals surface area contributed by atoms with Crippen molar-refractivity contribution in [1.82, 2.24) is 5.32 Å². The Hall–Kier alpha value is -0.570. The summed E-state index contributed by atoms with van der Waals surface area (Å²) in [6, 6.07) is 0.362. The fourth-order valence-corrected chi connectivity index (χ4v) is 3.61. The first kappa shape index (κ1) is 14.8. The molecule has 2 fully saturated rings. The summed E-state index contributed by atoms with van der Waals surface area (Å²) in [6.45, 7) is 0.308. The zero-order valence-electron chi connectivity index (χ0n) is 12.1. The van der Waals surface area contributed by atoms with Gasteiger partial charge in [0.2, 0.25) is 5.91 Å². The van der Waals surface area contributed by atoms with E-state index in [2.05, 4.69) is 5.32 Å². The lowest BCUT2D eigenvalue weighted by atomic mass is 9.86. The van der Waals surface area contributed by atoms with Crippen molar-refractivity contribution >= 4 is 5.91 Å². The van der Waals surface area contributed by atoms with Gasteiger partial charge in [-0.25, -0.2) is 0 Å². The predicted molar refractivity (Wildman–Crippen MR) is 76.8 cm³/mol. The molecule has 2 aliphatic carbocycles. The molecule has 2 aliphatic rings. The number of amides is 1. The van der Waals surface area contributed by atoms with Crippen molar-refractivity contribution in [2.45, 2.75) is 76.7 Å². The molecule has 19 heavy (non-hydrogen) atoms. The van der Waals surface area contributed by atoms with Crippen LogP contribution in [0.2, 0.25) is 0 Å². The van der Waals surface area contributed by atoms with Gasteiger partial charge in [0, 0.05) is 19.1 Å². The molecule has 2 rings (SSSR count). The zero-order valence-corrected chi connectivity index (χ0v) is 12.1. The number of carbonyl (C=O) groups is 1. The third kappa shape index (κ3) is 5.13. The number of hydrogen-bond donors (Lipinski definition) is 2. The molecule has 0 atom stereocenters.